The summed E-state index contributed by atoms with van der Waals surface area (Å²) < 4.78 is 0. The van der Waals surface area contributed by atoms with Gasteiger partial charge in [0.05, 0.1) is 11.9 Å². The Balaban J connectivity index is 2.01. The molecule has 1 fully saturated rings. The molecule has 1 unspecified atom stereocenters. The van der Waals surface area contributed by atoms with Crippen molar-refractivity contribution < 1.29 is 0 Å². The molecule has 1 aliphatic rings. The lowest BCUT2D eigenvalue weighted by molar-refractivity contribution is 0.459. The van der Waals surface area contributed by atoms with Crippen molar-refractivity contribution in [2.24, 2.45) is 11.8 Å². The summed E-state index contributed by atoms with van der Waals surface area (Å²) in [6.07, 6.45) is 9.32. The van der Waals surface area contributed by atoms with Gasteiger partial charge >= 0.3 is 0 Å². The van der Waals surface area contributed by atoms with E-state index < -0.39 is 0 Å². The number of pyridine rings is 1. The van der Waals surface area contributed by atoms with Crippen molar-refractivity contribution in [1.82, 2.24) is 10.3 Å². The molecule has 1 atom stereocenters. The first-order valence-electron chi connectivity index (χ1n) is 8.59. The van der Waals surface area contributed by atoms with Crippen molar-refractivity contribution in [3.05, 3.63) is 24.0 Å². The quantitative estimate of drug-likeness (QED) is 0.862. The van der Waals surface area contributed by atoms with Crippen LogP contribution in [0.15, 0.2) is 18.5 Å². The minimum atomic E-state index is 0.693. The van der Waals surface area contributed by atoms with Gasteiger partial charge in [-0.05, 0) is 49.3 Å². The predicted molar refractivity (Wildman–Crippen MR) is 90.6 cm³/mol. The maximum atomic E-state index is 4.36. The van der Waals surface area contributed by atoms with Crippen molar-refractivity contribution >= 4 is 5.69 Å². The fourth-order valence-electron chi connectivity index (χ4n) is 3.16. The third-order valence-corrected chi connectivity index (χ3v) is 4.52. The minimum absolute atomic E-state index is 0.693. The second kappa shape index (κ2) is 8.38. The predicted octanol–water partition coefficient (Wildman–Crippen LogP) is 3.84. The Kier molecular flexibility index (Phi) is 6.50. The molecular formula is C18H31N3. The summed E-state index contributed by atoms with van der Waals surface area (Å²) in [7, 11) is 0. The summed E-state index contributed by atoms with van der Waals surface area (Å²) in [5.41, 5.74) is 2.73. The van der Waals surface area contributed by atoms with Crippen LogP contribution in [0.5, 0.6) is 0 Å². The highest BCUT2D eigenvalue weighted by atomic mass is 15.1. The number of anilines is 1. The highest BCUT2D eigenvalue weighted by Gasteiger charge is 2.18. The third-order valence-electron chi connectivity index (χ3n) is 4.52. The molecule has 0 aromatic carbocycles. The summed E-state index contributed by atoms with van der Waals surface area (Å²) in [4.78, 5) is 6.91. The number of nitrogens with zero attached hydrogens (tertiary/aromatic N) is 2. The van der Waals surface area contributed by atoms with Crippen molar-refractivity contribution in [3.8, 4) is 0 Å². The average Bonchev–Trinajstić information content (AvgIpc) is 2.73. The Labute approximate surface area is 130 Å². The first-order valence-corrected chi connectivity index (χ1v) is 8.59. The average molecular weight is 289 g/mol. The minimum Gasteiger partial charge on any atom is -0.370 e. The molecule has 0 radical (unpaired) electrons. The molecule has 118 valence electrons. The molecule has 1 N–H and O–H groups in total. The van der Waals surface area contributed by atoms with Crippen molar-refractivity contribution in [2.75, 3.05) is 24.5 Å². The van der Waals surface area contributed by atoms with Crippen molar-refractivity contribution in [3.63, 3.8) is 0 Å². The van der Waals surface area contributed by atoms with Gasteiger partial charge in [0, 0.05) is 25.8 Å². The first-order chi connectivity index (χ1) is 10.2. The number of hydrogen-bond donors (Lipinski definition) is 1. The van der Waals surface area contributed by atoms with E-state index in [0.717, 1.165) is 19.0 Å². The molecular weight excluding hydrogens is 258 g/mol. The van der Waals surface area contributed by atoms with Gasteiger partial charge in [-0.25, -0.2) is 0 Å². The van der Waals surface area contributed by atoms with Gasteiger partial charge in [-0.1, -0.05) is 27.2 Å². The monoisotopic (exact) mass is 289 g/mol. The van der Waals surface area contributed by atoms with Crippen LogP contribution < -0.4 is 10.2 Å². The van der Waals surface area contributed by atoms with Crippen LogP contribution in [0.1, 0.15) is 52.0 Å². The van der Waals surface area contributed by atoms with Crippen LogP contribution >= 0.6 is 0 Å². The zero-order chi connectivity index (χ0) is 15.1. The molecule has 1 aliphatic heterocycles. The van der Waals surface area contributed by atoms with Gasteiger partial charge in [0.25, 0.3) is 0 Å². The van der Waals surface area contributed by atoms with E-state index in [-0.39, 0.29) is 0 Å². The van der Waals surface area contributed by atoms with Crippen LogP contribution in [0.3, 0.4) is 0 Å². The molecule has 0 amide bonds. The molecule has 0 saturated carbocycles. The molecule has 0 aliphatic carbocycles. The molecule has 2 heterocycles. The van der Waals surface area contributed by atoms with Gasteiger partial charge in [0.2, 0.25) is 0 Å². The lowest BCUT2D eigenvalue weighted by Crippen LogP contribution is -2.27. The molecule has 3 nitrogen and oxygen atoms in total. The van der Waals surface area contributed by atoms with E-state index in [2.05, 4.69) is 48.2 Å². The summed E-state index contributed by atoms with van der Waals surface area (Å²) in [6, 6.07) is 2.17. The zero-order valence-corrected chi connectivity index (χ0v) is 13.9. The Hall–Kier alpha value is -1.09. The lowest BCUT2D eigenvalue weighted by Gasteiger charge is -2.25. The van der Waals surface area contributed by atoms with Crippen LogP contribution in [0.25, 0.3) is 0 Å². The highest BCUT2D eigenvalue weighted by molar-refractivity contribution is 5.51. The third kappa shape index (κ3) is 4.99. The fraction of sp³-hybridized carbons (Fsp3) is 0.722. The molecule has 3 heteroatoms. The fourth-order valence-corrected chi connectivity index (χ4v) is 3.16. The zero-order valence-electron chi connectivity index (χ0n) is 13.9. The van der Waals surface area contributed by atoms with E-state index in [1.165, 1.54) is 50.0 Å². The largest absolute Gasteiger partial charge is 0.370 e. The lowest BCUT2D eigenvalue weighted by atomic mass is 9.98. The van der Waals surface area contributed by atoms with Gasteiger partial charge in [0.15, 0.2) is 0 Å². The SMILES string of the molecule is CCC1CCCN(c2cnccc2CNCC(C)C)CC1. The van der Waals surface area contributed by atoms with Crippen LogP contribution in [0.2, 0.25) is 0 Å². The van der Waals surface area contributed by atoms with Crippen LogP contribution in [-0.2, 0) is 6.54 Å². The van der Waals surface area contributed by atoms with Gasteiger partial charge in [-0.15, -0.1) is 0 Å². The standard InChI is InChI=1S/C18H31N3/c1-4-16-6-5-10-21(11-8-16)18-14-19-9-7-17(18)13-20-12-15(2)3/h7,9,14-16,20H,4-6,8,10-13H2,1-3H3. The number of nitrogens with one attached hydrogen (secondary N) is 1. The van der Waals surface area contributed by atoms with E-state index in [1.54, 1.807) is 0 Å². The normalized spacial score (nSPS) is 19.8. The molecule has 1 aromatic heterocycles. The summed E-state index contributed by atoms with van der Waals surface area (Å²) in [6.45, 7) is 11.2. The van der Waals surface area contributed by atoms with E-state index in [9.17, 15) is 0 Å². The Morgan fingerprint density at radius 3 is 2.95 bits per heavy atom. The van der Waals surface area contributed by atoms with Crippen molar-refractivity contribution in [1.29, 1.82) is 0 Å². The smallest absolute Gasteiger partial charge is 0.0598 e. The first kappa shape index (κ1) is 16.3. The molecule has 0 bridgehead atoms. The van der Waals surface area contributed by atoms with Gasteiger partial charge in [-0.2, -0.15) is 0 Å². The van der Waals surface area contributed by atoms with Crippen molar-refractivity contribution in [2.45, 2.75) is 53.0 Å². The number of rotatable bonds is 6. The highest BCUT2D eigenvalue weighted by Crippen LogP contribution is 2.26. The van der Waals surface area contributed by atoms with Crippen LogP contribution in [0.4, 0.5) is 5.69 Å². The van der Waals surface area contributed by atoms with Crippen LogP contribution in [-0.4, -0.2) is 24.6 Å². The maximum absolute atomic E-state index is 4.36. The Morgan fingerprint density at radius 1 is 1.33 bits per heavy atom. The van der Waals surface area contributed by atoms with Crippen LogP contribution in [0, 0.1) is 11.8 Å². The molecule has 1 aromatic rings. The molecule has 2 rings (SSSR count). The van der Waals surface area contributed by atoms with Gasteiger partial charge in [0.1, 0.15) is 0 Å². The number of aromatic nitrogens is 1. The van der Waals surface area contributed by atoms with E-state index in [4.69, 9.17) is 0 Å². The molecule has 1 saturated heterocycles. The van der Waals surface area contributed by atoms with E-state index >= 15 is 0 Å². The Bertz CT molecular complexity index is 417. The Morgan fingerprint density at radius 2 is 2.19 bits per heavy atom. The van der Waals surface area contributed by atoms with Gasteiger partial charge < -0.3 is 10.2 Å². The second-order valence-electron chi connectivity index (χ2n) is 6.72. The summed E-state index contributed by atoms with van der Waals surface area (Å²) in [5.74, 6) is 1.60. The maximum Gasteiger partial charge on any atom is 0.0598 e. The number of hydrogen-bond acceptors (Lipinski definition) is 3. The topological polar surface area (TPSA) is 28.2 Å². The molecule has 21 heavy (non-hydrogen) atoms. The summed E-state index contributed by atoms with van der Waals surface area (Å²) in [5, 5.41) is 3.56. The van der Waals surface area contributed by atoms with E-state index in [0.29, 0.717) is 5.92 Å². The second-order valence-corrected chi connectivity index (χ2v) is 6.72. The summed E-state index contributed by atoms with van der Waals surface area (Å²) >= 11 is 0. The molecule has 0 spiro atoms. The van der Waals surface area contributed by atoms with E-state index in [1.807, 2.05) is 6.20 Å². The van der Waals surface area contributed by atoms with Gasteiger partial charge in [-0.3, -0.25) is 4.98 Å².